The Hall–Kier alpha value is -0.873. The molecule has 1 aromatic rings. The number of aromatic carboxylic acids is 1. The molecule has 8 heteroatoms. The summed E-state index contributed by atoms with van der Waals surface area (Å²) in [6, 6.07) is 3.78. The van der Waals surface area contributed by atoms with Crippen LogP contribution in [0.15, 0.2) is 18.2 Å². The SMILES string of the molecule is O=C([O-])c1cccc(CS(=O)(=O)O)n1.[Li+]. The fourth-order valence-electron chi connectivity index (χ4n) is 0.861. The van der Waals surface area contributed by atoms with Gasteiger partial charge in [-0.25, -0.2) is 0 Å². The van der Waals surface area contributed by atoms with Gasteiger partial charge in [-0.2, -0.15) is 8.42 Å². The summed E-state index contributed by atoms with van der Waals surface area (Å²) in [5, 5.41) is 10.3. The minimum Gasteiger partial charge on any atom is -0.543 e. The maximum Gasteiger partial charge on any atom is 1.00 e. The second kappa shape index (κ2) is 5.28. The van der Waals surface area contributed by atoms with Crippen molar-refractivity contribution in [1.29, 1.82) is 0 Å². The Labute approximate surface area is 98.3 Å². The van der Waals surface area contributed by atoms with Crippen molar-refractivity contribution in [3.8, 4) is 0 Å². The van der Waals surface area contributed by atoms with E-state index in [1.165, 1.54) is 18.2 Å². The van der Waals surface area contributed by atoms with Crippen LogP contribution < -0.4 is 24.0 Å². The maximum atomic E-state index is 10.4. The fraction of sp³-hybridized carbons (Fsp3) is 0.143. The third kappa shape index (κ3) is 4.95. The van der Waals surface area contributed by atoms with Crippen LogP contribution in [-0.4, -0.2) is 23.9 Å². The molecule has 0 aliphatic heterocycles. The Kier molecular flexibility index (Phi) is 4.97. The number of hydrogen-bond donors (Lipinski definition) is 1. The molecule has 6 nitrogen and oxygen atoms in total. The molecule has 0 atom stereocenters. The molecule has 0 fully saturated rings. The van der Waals surface area contributed by atoms with Gasteiger partial charge in [0.25, 0.3) is 10.1 Å². The predicted molar refractivity (Wildman–Crippen MR) is 43.8 cm³/mol. The van der Waals surface area contributed by atoms with Gasteiger partial charge in [-0.3, -0.25) is 9.54 Å². The number of carbonyl (C=O) groups is 1. The molecule has 0 unspecified atom stereocenters. The first kappa shape index (κ1) is 14.1. The van der Waals surface area contributed by atoms with Crippen LogP contribution in [0.2, 0.25) is 0 Å². The van der Waals surface area contributed by atoms with E-state index >= 15 is 0 Å². The van der Waals surface area contributed by atoms with E-state index in [1.54, 1.807) is 0 Å². The van der Waals surface area contributed by atoms with Crippen LogP contribution in [0.5, 0.6) is 0 Å². The molecule has 1 heterocycles. The smallest absolute Gasteiger partial charge is 0.543 e. The number of hydrogen-bond acceptors (Lipinski definition) is 5. The number of rotatable bonds is 3. The Bertz CT molecular complexity index is 458. The molecule has 1 N–H and O–H groups in total. The van der Waals surface area contributed by atoms with Gasteiger partial charge in [0, 0.05) is 0 Å². The molecule has 1 rings (SSSR count). The topological polar surface area (TPSA) is 107 Å². The monoisotopic (exact) mass is 223 g/mol. The summed E-state index contributed by atoms with van der Waals surface area (Å²) in [7, 11) is -4.20. The molecular formula is C7H6LiNO5S. The summed E-state index contributed by atoms with van der Waals surface area (Å²) < 4.78 is 29.3. The van der Waals surface area contributed by atoms with Crippen molar-refractivity contribution in [2.24, 2.45) is 0 Å². The Balaban J connectivity index is 0.00000196. The van der Waals surface area contributed by atoms with Gasteiger partial charge in [-0.15, -0.1) is 0 Å². The first-order valence-electron chi connectivity index (χ1n) is 3.51. The van der Waals surface area contributed by atoms with Crippen molar-refractivity contribution in [2.45, 2.75) is 5.75 Å². The Morgan fingerprint density at radius 2 is 2.07 bits per heavy atom. The molecule has 0 spiro atoms. The van der Waals surface area contributed by atoms with Crippen LogP contribution >= 0.6 is 0 Å². The van der Waals surface area contributed by atoms with Gasteiger partial charge in [0.2, 0.25) is 0 Å². The van der Waals surface area contributed by atoms with E-state index in [0.29, 0.717) is 0 Å². The van der Waals surface area contributed by atoms with E-state index in [-0.39, 0.29) is 30.2 Å². The normalized spacial score (nSPS) is 10.5. The van der Waals surface area contributed by atoms with E-state index < -0.39 is 21.8 Å². The van der Waals surface area contributed by atoms with Crippen LogP contribution in [0.4, 0.5) is 0 Å². The zero-order chi connectivity index (χ0) is 10.8. The molecule has 0 bridgehead atoms. The Morgan fingerprint density at radius 3 is 2.53 bits per heavy atom. The van der Waals surface area contributed by atoms with Crippen molar-refractivity contribution in [1.82, 2.24) is 4.98 Å². The number of pyridine rings is 1. The van der Waals surface area contributed by atoms with Gasteiger partial charge in [-0.1, -0.05) is 6.07 Å². The summed E-state index contributed by atoms with van der Waals surface area (Å²) in [6.45, 7) is 0. The molecule has 0 saturated carbocycles. The maximum absolute atomic E-state index is 10.4. The molecule has 0 aliphatic carbocycles. The zero-order valence-corrected chi connectivity index (χ0v) is 8.69. The second-order valence-corrected chi connectivity index (χ2v) is 3.98. The molecule has 0 saturated heterocycles. The average molecular weight is 223 g/mol. The predicted octanol–water partition coefficient (Wildman–Crippen LogP) is -4.16. The van der Waals surface area contributed by atoms with Crippen LogP contribution in [0.25, 0.3) is 0 Å². The quantitative estimate of drug-likeness (QED) is 0.411. The van der Waals surface area contributed by atoms with E-state index in [4.69, 9.17) is 4.55 Å². The molecule has 0 amide bonds. The number of carboxylic acids is 1. The third-order valence-corrected chi connectivity index (χ3v) is 2.01. The van der Waals surface area contributed by atoms with Gasteiger partial charge < -0.3 is 9.90 Å². The van der Waals surface area contributed by atoms with Crippen molar-refractivity contribution in [3.63, 3.8) is 0 Å². The first-order valence-corrected chi connectivity index (χ1v) is 5.12. The second-order valence-electron chi connectivity index (χ2n) is 2.53. The molecule has 0 radical (unpaired) electrons. The zero-order valence-electron chi connectivity index (χ0n) is 7.87. The standard InChI is InChI=1S/C7H7NO5S.Li/c9-7(10)6-3-1-2-5(8-6)4-14(11,12)13;/h1-3H,4H2,(H,9,10)(H,11,12,13);/q;+1/p-1. The largest absolute Gasteiger partial charge is 1.00 e. The van der Waals surface area contributed by atoms with Crippen LogP contribution in [-0.2, 0) is 15.9 Å². The third-order valence-electron chi connectivity index (χ3n) is 1.35. The van der Waals surface area contributed by atoms with Gasteiger partial charge >= 0.3 is 18.9 Å². The van der Waals surface area contributed by atoms with Crippen molar-refractivity contribution < 1.29 is 41.7 Å². The molecule has 0 aliphatic rings. The Morgan fingerprint density at radius 1 is 1.47 bits per heavy atom. The van der Waals surface area contributed by atoms with E-state index in [9.17, 15) is 18.3 Å². The number of nitrogens with zero attached hydrogens (tertiary/aromatic N) is 1. The van der Waals surface area contributed by atoms with Gasteiger partial charge in [-0.05, 0) is 12.1 Å². The van der Waals surface area contributed by atoms with Crippen LogP contribution in [0.3, 0.4) is 0 Å². The average Bonchev–Trinajstić information content (AvgIpc) is 2.01. The molecule has 76 valence electrons. The number of carbonyl (C=O) groups excluding carboxylic acids is 1. The van der Waals surface area contributed by atoms with E-state index in [2.05, 4.69) is 4.98 Å². The fourth-order valence-corrected chi connectivity index (χ4v) is 1.40. The van der Waals surface area contributed by atoms with E-state index in [0.717, 1.165) is 0 Å². The summed E-state index contributed by atoms with van der Waals surface area (Å²) >= 11 is 0. The van der Waals surface area contributed by atoms with Gasteiger partial charge in [0.05, 0.1) is 17.4 Å². The first-order chi connectivity index (χ1) is 6.38. The van der Waals surface area contributed by atoms with Crippen molar-refractivity contribution >= 4 is 16.1 Å². The molecule has 0 aromatic carbocycles. The summed E-state index contributed by atoms with van der Waals surface area (Å²) in [5.74, 6) is -2.21. The van der Waals surface area contributed by atoms with Gasteiger partial charge in [0.15, 0.2) is 0 Å². The van der Waals surface area contributed by atoms with E-state index in [1.807, 2.05) is 0 Å². The van der Waals surface area contributed by atoms with Crippen LogP contribution in [0, 0.1) is 0 Å². The minimum absolute atomic E-state index is 0. The molecule has 1 aromatic heterocycles. The molecular weight excluding hydrogens is 217 g/mol. The minimum atomic E-state index is -4.20. The summed E-state index contributed by atoms with van der Waals surface area (Å²) in [6.07, 6.45) is 0. The van der Waals surface area contributed by atoms with Crippen molar-refractivity contribution in [2.75, 3.05) is 0 Å². The van der Waals surface area contributed by atoms with Gasteiger partial charge in [0.1, 0.15) is 5.75 Å². The number of carboxylic acid groups (broad SMARTS) is 1. The molecule has 15 heavy (non-hydrogen) atoms. The summed E-state index contributed by atoms with van der Waals surface area (Å²) in [5.41, 5.74) is -0.416. The van der Waals surface area contributed by atoms with Crippen LogP contribution in [0.1, 0.15) is 16.2 Å². The summed E-state index contributed by atoms with van der Waals surface area (Å²) in [4.78, 5) is 13.8. The number of aromatic nitrogens is 1. The van der Waals surface area contributed by atoms with Crippen molar-refractivity contribution in [3.05, 3.63) is 29.6 Å².